The van der Waals surface area contributed by atoms with E-state index in [-0.39, 0.29) is 36.5 Å². The number of ether oxygens (including phenoxy) is 2. The highest BCUT2D eigenvalue weighted by Crippen LogP contribution is 2.47. The third-order valence-corrected chi connectivity index (χ3v) is 9.53. The van der Waals surface area contributed by atoms with E-state index in [9.17, 15) is 14.4 Å². The number of carbonyl (C=O) groups is 1. The van der Waals surface area contributed by atoms with Crippen LogP contribution in [-0.2, 0) is 23.1 Å². The summed E-state index contributed by atoms with van der Waals surface area (Å²) in [5.41, 5.74) is 5.05. The molecule has 1 aliphatic rings. The van der Waals surface area contributed by atoms with Gasteiger partial charge in [-0.2, -0.15) is 10.4 Å². The number of carbonyl (C=O) groups excluding carboxylic acids is 1. The van der Waals surface area contributed by atoms with E-state index in [4.69, 9.17) is 19.6 Å². The fourth-order valence-electron chi connectivity index (χ4n) is 6.31. The lowest BCUT2D eigenvalue weighted by atomic mass is 9.96. The number of nitriles is 1. The number of fused-ring (bicyclic) bond motifs is 3. The number of pyridine rings is 2. The molecule has 242 valence electrons. The lowest BCUT2D eigenvalue weighted by molar-refractivity contribution is -0.129. The van der Waals surface area contributed by atoms with E-state index in [2.05, 4.69) is 17.6 Å². The van der Waals surface area contributed by atoms with Gasteiger partial charge in [-0.25, -0.2) is 13.8 Å². The van der Waals surface area contributed by atoms with Gasteiger partial charge in [-0.05, 0) is 36.6 Å². The van der Waals surface area contributed by atoms with Crippen molar-refractivity contribution in [2.24, 2.45) is 7.05 Å². The number of aromatic nitrogens is 5. The molecule has 7 rings (SSSR count). The van der Waals surface area contributed by atoms with Crippen LogP contribution in [0.1, 0.15) is 24.2 Å². The lowest BCUT2D eigenvalue weighted by Gasteiger charge is -2.33. The van der Waals surface area contributed by atoms with Crippen LogP contribution < -0.4 is 4.74 Å². The van der Waals surface area contributed by atoms with Crippen molar-refractivity contribution >= 4 is 38.4 Å². The van der Waals surface area contributed by atoms with E-state index < -0.39 is 11.6 Å². The Labute approximate surface area is 278 Å². The van der Waals surface area contributed by atoms with Gasteiger partial charge in [0.15, 0.2) is 0 Å². The largest absolute Gasteiger partial charge is 0.490 e. The van der Waals surface area contributed by atoms with Crippen molar-refractivity contribution in [3.05, 3.63) is 83.7 Å². The Bertz CT molecular complexity index is 2300. The monoisotopic (exact) mass is 665 g/mol. The van der Waals surface area contributed by atoms with Crippen molar-refractivity contribution in [3.63, 3.8) is 0 Å². The van der Waals surface area contributed by atoms with Gasteiger partial charge in [-0.1, -0.05) is 6.58 Å². The molecule has 10 nitrogen and oxygen atoms in total. The molecular formula is C35H29F2N7O3S. The number of methoxy groups -OCH3 is 1. The van der Waals surface area contributed by atoms with Crippen LogP contribution in [-0.4, -0.2) is 62.0 Å². The number of nitrogens with zero attached hydrogens (tertiary/aromatic N) is 7. The van der Waals surface area contributed by atoms with Gasteiger partial charge < -0.3 is 18.9 Å². The maximum Gasteiger partial charge on any atom is 0.246 e. The van der Waals surface area contributed by atoms with E-state index in [1.54, 1.807) is 17.3 Å². The molecule has 0 bridgehead atoms. The summed E-state index contributed by atoms with van der Waals surface area (Å²) in [6.07, 6.45) is 4.69. The molecule has 1 aromatic carbocycles. The first-order valence-corrected chi connectivity index (χ1v) is 16.0. The molecule has 1 atom stereocenters. The van der Waals surface area contributed by atoms with Crippen molar-refractivity contribution in [2.75, 3.05) is 26.9 Å². The number of halogens is 2. The third kappa shape index (κ3) is 5.10. The van der Waals surface area contributed by atoms with Crippen LogP contribution in [0.3, 0.4) is 0 Å². The predicted molar refractivity (Wildman–Crippen MR) is 178 cm³/mol. The SMILES string of the molecule is C=CC(=O)N1CCn2nc(-c3nc(-c4cnc5c(C#N)cn(C)c5c4)c4ccsc4c3-c3c(F)cc(F)cc3OCCOC)cc2C1C. The number of hydrogen-bond donors (Lipinski definition) is 0. The summed E-state index contributed by atoms with van der Waals surface area (Å²) in [6.45, 7) is 6.71. The number of aryl methyl sites for hydroxylation is 1. The topological polar surface area (TPSA) is 111 Å². The first-order valence-electron chi connectivity index (χ1n) is 15.1. The van der Waals surface area contributed by atoms with Crippen LogP contribution in [0.2, 0.25) is 0 Å². The van der Waals surface area contributed by atoms with E-state index in [0.29, 0.717) is 57.1 Å². The van der Waals surface area contributed by atoms with Crippen LogP contribution in [0.5, 0.6) is 5.75 Å². The molecule has 0 saturated heterocycles. The average molecular weight is 666 g/mol. The fraction of sp³-hybridized carbons (Fsp3) is 0.229. The van der Waals surface area contributed by atoms with Gasteiger partial charge in [-0.3, -0.25) is 14.5 Å². The third-order valence-electron chi connectivity index (χ3n) is 8.60. The number of thiophene rings is 1. The summed E-state index contributed by atoms with van der Waals surface area (Å²) in [6, 6.07) is 9.53. The summed E-state index contributed by atoms with van der Waals surface area (Å²) < 4.78 is 46.1. The number of hydrogen-bond acceptors (Lipinski definition) is 8. The van der Waals surface area contributed by atoms with Gasteiger partial charge in [0.1, 0.15) is 47.0 Å². The second-order valence-corrected chi connectivity index (χ2v) is 12.3. The molecule has 0 saturated carbocycles. The second-order valence-electron chi connectivity index (χ2n) is 11.4. The Morgan fingerprint density at radius 1 is 1.19 bits per heavy atom. The smallest absolute Gasteiger partial charge is 0.246 e. The van der Waals surface area contributed by atoms with E-state index in [1.165, 1.54) is 24.5 Å². The van der Waals surface area contributed by atoms with E-state index >= 15 is 4.39 Å². The normalized spacial score (nSPS) is 14.3. The van der Waals surface area contributed by atoms with Crippen LogP contribution >= 0.6 is 11.3 Å². The van der Waals surface area contributed by atoms with Crippen molar-refractivity contribution in [2.45, 2.75) is 19.5 Å². The van der Waals surface area contributed by atoms with Crippen molar-refractivity contribution in [3.8, 4) is 45.6 Å². The van der Waals surface area contributed by atoms with Gasteiger partial charge in [0.2, 0.25) is 5.91 Å². The van der Waals surface area contributed by atoms with Crippen molar-refractivity contribution in [1.29, 1.82) is 5.26 Å². The van der Waals surface area contributed by atoms with Crippen LogP contribution in [0.15, 0.2) is 60.8 Å². The van der Waals surface area contributed by atoms with Gasteiger partial charge in [0, 0.05) is 66.4 Å². The average Bonchev–Trinajstić information content (AvgIpc) is 3.82. The predicted octanol–water partition coefficient (Wildman–Crippen LogP) is 6.64. The fourth-order valence-corrected chi connectivity index (χ4v) is 7.25. The minimum Gasteiger partial charge on any atom is -0.490 e. The zero-order chi connectivity index (χ0) is 33.7. The maximum absolute atomic E-state index is 16.1. The Morgan fingerprint density at radius 2 is 2.02 bits per heavy atom. The minimum atomic E-state index is -0.816. The molecule has 6 heterocycles. The molecule has 0 radical (unpaired) electrons. The number of rotatable bonds is 8. The van der Waals surface area contributed by atoms with Crippen LogP contribution in [0, 0.1) is 23.0 Å². The molecule has 0 fully saturated rings. The molecule has 5 aromatic heterocycles. The highest BCUT2D eigenvalue weighted by molar-refractivity contribution is 7.18. The quantitative estimate of drug-likeness (QED) is 0.132. The summed E-state index contributed by atoms with van der Waals surface area (Å²) in [5.74, 6) is -1.78. The van der Waals surface area contributed by atoms with Gasteiger partial charge in [0.05, 0.1) is 47.2 Å². The summed E-state index contributed by atoms with van der Waals surface area (Å²) >= 11 is 1.39. The Balaban J connectivity index is 1.51. The molecule has 1 unspecified atom stereocenters. The molecule has 48 heavy (non-hydrogen) atoms. The molecule has 0 spiro atoms. The first-order chi connectivity index (χ1) is 23.2. The summed E-state index contributed by atoms with van der Waals surface area (Å²) in [7, 11) is 3.36. The zero-order valence-electron chi connectivity index (χ0n) is 26.3. The Morgan fingerprint density at radius 3 is 2.79 bits per heavy atom. The van der Waals surface area contributed by atoms with Crippen molar-refractivity contribution < 1.29 is 23.0 Å². The molecule has 1 amide bonds. The second kappa shape index (κ2) is 12.3. The molecule has 1 aliphatic heterocycles. The van der Waals surface area contributed by atoms with Gasteiger partial charge >= 0.3 is 0 Å². The Kier molecular flexibility index (Phi) is 7.98. The Hall–Kier alpha value is -5.45. The molecule has 0 N–H and O–H groups in total. The number of amides is 1. The lowest BCUT2D eigenvalue weighted by Crippen LogP contribution is -2.40. The minimum absolute atomic E-state index is 0.00562. The van der Waals surface area contributed by atoms with Gasteiger partial charge in [-0.15, -0.1) is 11.3 Å². The van der Waals surface area contributed by atoms with E-state index in [1.807, 2.05) is 46.8 Å². The number of benzene rings is 1. The summed E-state index contributed by atoms with van der Waals surface area (Å²) in [4.78, 5) is 24.1. The molecule has 13 heteroatoms. The molecular weight excluding hydrogens is 636 g/mol. The van der Waals surface area contributed by atoms with E-state index in [0.717, 1.165) is 28.7 Å². The summed E-state index contributed by atoms with van der Waals surface area (Å²) in [5, 5.41) is 17.1. The van der Waals surface area contributed by atoms with Crippen LogP contribution in [0.4, 0.5) is 8.78 Å². The molecule has 6 aromatic rings. The van der Waals surface area contributed by atoms with Crippen LogP contribution in [0.25, 0.3) is 54.9 Å². The highest BCUT2D eigenvalue weighted by Gasteiger charge is 2.31. The molecule has 0 aliphatic carbocycles. The van der Waals surface area contributed by atoms with Gasteiger partial charge in [0.25, 0.3) is 0 Å². The highest BCUT2D eigenvalue weighted by atomic mass is 32.1. The standard InChI is InChI=1S/C35H29F2N7O3S/c1-5-29(45)43-7-8-44-26(19(43)2)15-25(41-44)34-31(30-24(37)13-22(36)14-28(30)47-10-9-46-4)35-23(6-11-48-35)32(40-34)20-12-27-33(39-17-20)21(16-38)18-42(27)3/h5-6,11-15,17-19H,1,7-10H2,2-4H3. The first kappa shape index (κ1) is 31.2. The maximum atomic E-state index is 16.1. The van der Waals surface area contributed by atoms with Crippen molar-refractivity contribution in [1.82, 2.24) is 29.2 Å². The zero-order valence-corrected chi connectivity index (χ0v) is 27.1.